The second kappa shape index (κ2) is 9.27. The van der Waals surface area contributed by atoms with Crippen molar-refractivity contribution in [3.05, 3.63) is 121 Å². The maximum atomic E-state index is 2.82. The summed E-state index contributed by atoms with van der Waals surface area (Å²) in [5.74, 6) is 0. The van der Waals surface area contributed by atoms with Crippen molar-refractivity contribution in [2.45, 2.75) is 50.5 Å². The monoisotopic (exact) mass is 658 g/mol. The minimum Gasteiger partial charge on any atom is -0.344 e. The van der Waals surface area contributed by atoms with Crippen LogP contribution in [0.1, 0.15) is 45.1 Å². The van der Waals surface area contributed by atoms with E-state index >= 15 is 0 Å². The average molecular weight is 659 g/mol. The first kappa shape index (κ1) is 28.3. The van der Waals surface area contributed by atoms with Gasteiger partial charge >= 0.3 is 0 Å². The SMILES string of the molecule is Cn1c2ccccc2c2cc(N3c4cc5c6ccccc6n(C)c5cc4B4c5cccc6c5N(c5cccc3c54)C3(C)CCCCC63C)ccc21. The minimum absolute atomic E-state index is 0.0244. The Bertz CT molecular complexity index is 2860. The third-order valence-corrected chi connectivity index (χ3v) is 14.1. The first-order valence-corrected chi connectivity index (χ1v) is 18.7. The van der Waals surface area contributed by atoms with Crippen LogP contribution in [0.2, 0.25) is 0 Å². The lowest BCUT2D eigenvalue weighted by atomic mass is 9.33. The van der Waals surface area contributed by atoms with E-state index in [2.05, 4.69) is 162 Å². The molecule has 1 saturated carbocycles. The quantitative estimate of drug-likeness (QED) is 0.164. The molecule has 0 N–H and O–H groups in total. The lowest BCUT2D eigenvalue weighted by molar-refractivity contribution is 0.195. The fourth-order valence-electron chi connectivity index (χ4n) is 11.4. The van der Waals surface area contributed by atoms with E-state index in [1.807, 2.05) is 0 Å². The van der Waals surface area contributed by atoms with Crippen LogP contribution in [0.25, 0.3) is 43.6 Å². The van der Waals surface area contributed by atoms with Gasteiger partial charge in [0.1, 0.15) is 0 Å². The van der Waals surface area contributed by atoms with Crippen LogP contribution >= 0.6 is 0 Å². The number of aromatic nitrogens is 2. The Morgan fingerprint density at radius 3 is 2.02 bits per heavy atom. The van der Waals surface area contributed by atoms with Gasteiger partial charge in [-0.15, -0.1) is 0 Å². The van der Waals surface area contributed by atoms with Crippen LogP contribution in [-0.4, -0.2) is 21.4 Å². The summed E-state index contributed by atoms with van der Waals surface area (Å²) in [7, 11) is 4.43. The van der Waals surface area contributed by atoms with E-state index in [0.717, 1.165) is 0 Å². The maximum absolute atomic E-state index is 2.82. The molecule has 6 aromatic carbocycles. The molecule has 5 heteroatoms. The molecule has 2 aromatic heterocycles. The Hall–Kier alpha value is -5.42. The smallest absolute Gasteiger partial charge is 0.252 e. The van der Waals surface area contributed by atoms with E-state index in [1.165, 1.54) is 114 Å². The van der Waals surface area contributed by atoms with Crippen LogP contribution in [0.4, 0.5) is 28.4 Å². The van der Waals surface area contributed by atoms with E-state index in [0.29, 0.717) is 0 Å². The van der Waals surface area contributed by atoms with Gasteiger partial charge in [0.25, 0.3) is 6.71 Å². The first-order chi connectivity index (χ1) is 24.9. The Morgan fingerprint density at radius 2 is 1.22 bits per heavy atom. The zero-order chi connectivity index (χ0) is 34.0. The second-order valence-corrected chi connectivity index (χ2v) is 16.2. The summed E-state index contributed by atoms with van der Waals surface area (Å²) < 4.78 is 4.74. The molecular formula is C46H39BN4. The number of hydrogen-bond acceptors (Lipinski definition) is 2. The lowest BCUT2D eigenvalue weighted by Gasteiger charge is -2.52. The van der Waals surface area contributed by atoms with Gasteiger partial charge in [0.15, 0.2) is 0 Å². The van der Waals surface area contributed by atoms with Gasteiger partial charge in [0, 0.05) is 91.6 Å². The van der Waals surface area contributed by atoms with Gasteiger partial charge in [-0.25, -0.2) is 0 Å². The number of para-hydroxylation sites is 3. The highest BCUT2D eigenvalue weighted by Crippen LogP contribution is 2.61. The summed E-state index contributed by atoms with van der Waals surface area (Å²) in [6, 6.07) is 44.3. The summed E-state index contributed by atoms with van der Waals surface area (Å²) in [5.41, 5.74) is 17.7. The van der Waals surface area contributed by atoms with Crippen molar-refractivity contribution in [3.63, 3.8) is 0 Å². The topological polar surface area (TPSA) is 16.3 Å². The molecule has 8 aromatic rings. The van der Waals surface area contributed by atoms with Crippen LogP contribution in [-0.2, 0) is 19.5 Å². The number of hydrogen-bond donors (Lipinski definition) is 0. The summed E-state index contributed by atoms with van der Waals surface area (Å²) >= 11 is 0. The first-order valence-electron chi connectivity index (χ1n) is 18.7. The highest BCUT2D eigenvalue weighted by molar-refractivity contribution is 7.00. The van der Waals surface area contributed by atoms with E-state index < -0.39 is 0 Å². The predicted octanol–water partition coefficient (Wildman–Crippen LogP) is 9.33. The molecule has 3 aliphatic heterocycles. The molecule has 12 rings (SSSR count). The van der Waals surface area contributed by atoms with E-state index in [9.17, 15) is 0 Å². The Labute approximate surface area is 298 Å². The van der Waals surface area contributed by atoms with Crippen LogP contribution in [0.3, 0.4) is 0 Å². The van der Waals surface area contributed by atoms with Crippen LogP contribution in [0.5, 0.6) is 0 Å². The molecule has 0 bridgehead atoms. The van der Waals surface area contributed by atoms with E-state index in [1.54, 1.807) is 5.56 Å². The van der Waals surface area contributed by atoms with Gasteiger partial charge < -0.3 is 18.9 Å². The second-order valence-electron chi connectivity index (χ2n) is 16.2. The number of rotatable bonds is 1. The number of anilines is 5. The van der Waals surface area contributed by atoms with Gasteiger partial charge in [-0.2, -0.15) is 0 Å². The minimum atomic E-state index is 0.0244. The van der Waals surface area contributed by atoms with Crippen molar-refractivity contribution in [2.24, 2.45) is 14.1 Å². The molecule has 0 amide bonds. The zero-order valence-corrected chi connectivity index (χ0v) is 29.7. The molecule has 0 spiro atoms. The molecule has 0 radical (unpaired) electrons. The number of benzene rings is 6. The highest BCUT2D eigenvalue weighted by Gasteiger charge is 2.61. The number of nitrogens with zero attached hydrogens (tertiary/aromatic N) is 4. The summed E-state index contributed by atoms with van der Waals surface area (Å²) in [4.78, 5) is 5.42. The van der Waals surface area contributed by atoms with Gasteiger partial charge in [0.2, 0.25) is 0 Å². The summed E-state index contributed by atoms with van der Waals surface area (Å²) in [6.07, 6.45) is 5.02. The molecule has 2 unspecified atom stereocenters. The lowest BCUT2D eigenvalue weighted by Crippen LogP contribution is -2.64. The Morgan fingerprint density at radius 1 is 0.549 bits per heavy atom. The van der Waals surface area contributed by atoms with Crippen LogP contribution in [0, 0.1) is 0 Å². The standard InChI is InChI=1S/C46H39BN4/c1-45-23-9-10-24-46(45,2)51-40-20-12-19-39-43(40)47(34-16-11-15-33(45)44(34)51)35-27-41-32(30-14-6-8-18-37(30)49(41)4)26-42(35)50(39)28-21-22-38-31(25-28)29-13-5-7-17-36(29)48(38)3/h5-8,11-22,25-27H,9-10,23-24H2,1-4H3. The average Bonchev–Trinajstić information content (AvgIpc) is 3.69. The summed E-state index contributed by atoms with van der Waals surface area (Å²) in [5, 5.41) is 5.21. The molecule has 246 valence electrons. The molecular weight excluding hydrogens is 619 g/mol. The third-order valence-electron chi connectivity index (χ3n) is 14.1. The third kappa shape index (κ3) is 3.17. The van der Waals surface area contributed by atoms with Crippen molar-refractivity contribution in [1.82, 2.24) is 9.13 Å². The van der Waals surface area contributed by atoms with E-state index in [-0.39, 0.29) is 17.7 Å². The van der Waals surface area contributed by atoms with E-state index in [4.69, 9.17) is 0 Å². The van der Waals surface area contributed by atoms with Gasteiger partial charge in [0.05, 0.1) is 5.54 Å². The van der Waals surface area contributed by atoms with Crippen molar-refractivity contribution in [2.75, 3.05) is 9.80 Å². The molecule has 51 heavy (non-hydrogen) atoms. The number of fused-ring (bicyclic) bond motifs is 13. The Balaban J connectivity index is 1.21. The molecule has 1 fully saturated rings. The molecule has 4 aliphatic rings. The van der Waals surface area contributed by atoms with Crippen LogP contribution < -0.4 is 26.2 Å². The van der Waals surface area contributed by atoms with Crippen molar-refractivity contribution in [3.8, 4) is 0 Å². The fourth-order valence-corrected chi connectivity index (χ4v) is 11.4. The molecule has 1 aliphatic carbocycles. The van der Waals surface area contributed by atoms with Gasteiger partial charge in [-0.3, -0.25) is 0 Å². The van der Waals surface area contributed by atoms with Crippen molar-refractivity contribution < 1.29 is 0 Å². The predicted molar refractivity (Wildman–Crippen MR) is 217 cm³/mol. The summed E-state index contributed by atoms with van der Waals surface area (Å²) in [6.45, 7) is 5.28. The Kier molecular flexibility index (Phi) is 5.14. The van der Waals surface area contributed by atoms with Crippen molar-refractivity contribution in [1.29, 1.82) is 0 Å². The molecule has 4 nitrogen and oxygen atoms in total. The van der Waals surface area contributed by atoms with Gasteiger partial charge in [-0.05, 0) is 96.3 Å². The highest BCUT2D eigenvalue weighted by atomic mass is 15.3. The van der Waals surface area contributed by atoms with Crippen molar-refractivity contribution >= 4 is 95.1 Å². The zero-order valence-electron chi connectivity index (χ0n) is 29.7. The number of aryl methyl sites for hydroxylation is 2. The molecule has 0 saturated heterocycles. The normalized spacial score (nSPS) is 21.5. The maximum Gasteiger partial charge on any atom is 0.252 e. The van der Waals surface area contributed by atoms with Crippen LogP contribution in [0.15, 0.2) is 115 Å². The fraction of sp³-hybridized carbons (Fsp3) is 0.217. The largest absolute Gasteiger partial charge is 0.344 e. The molecule has 2 atom stereocenters. The molecule has 5 heterocycles. The van der Waals surface area contributed by atoms with Gasteiger partial charge in [-0.1, -0.05) is 80.4 Å².